The van der Waals surface area contributed by atoms with Gasteiger partial charge in [0.2, 0.25) is 4.80 Å². The van der Waals surface area contributed by atoms with Gasteiger partial charge in [-0.2, -0.15) is 0 Å². The van der Waals surface area contributed by atoms with Crippen LogP contribution in [-0.4, -0.2) is 19.9 Å². The van der Waals surface area contributed by atoms with Gasteiger partial charge < -0.3 is 4.57 Å². The largest absolute Gasteiger partial charge is 0.315 e. The Kier molecular flexibility index (Phi) is 5.57. The maximum absolute atomic E-state index is 12.8. The molecule has 0 bridgehead atoms. The fourth-order valence-electron chi connectivity index (χ4n) is 3.33. The molecule has 1 aromatic carbocycles. The second-order valence-electron chi connectivity index (χ2n) is 6.80. The number of nitrogens with zero attached hydrogens (tertiary/aromatic N) is 4. The summed E-state index contributed by atoms with van der Waals surface area (Å²) in [4.78, 5) is 18.1. The minimum absolute atomic E-state index is 0.266. The number of carbonyl (C=O) groups excluding carboxylic acids is 1. The predicted molar refractivity (Wildman–Crippen MR) is 116 cm³/mol. The van der Waals surface area contributed by atoms with E-state index in [2.05, 4.69) is 44.5 Å². The van der Waals surface area contributed by atoms with Gasteiger partial charge in [0, 0.05) is 18.1 Å². The number of hydrogen-bond donors (Lipinski definition) is 1. The molecule has 0 atom stereocenters. The third-order valence-corrected chi connectivity index (χ3v) is 5.64. The molecule has 0 unspecified atom stereocenters. The van der Waals surface area contributed by atoms with Crippen molar-refractivity contribution < 1.29 is 4.79 Å². The first kappa shape index (κ1) is 19.1. The molecule has 7 heteroatoms. The minimum atomic E-state index is -0.266. The van der Waals surface area contributed by atoms with Crippen LogP contribution in [0.3, 0.4) is 0 Å². The predicted octanol–water partition coefficient (Wildman–Crippen LogP) is 4.22. The van der Waals surface area contributed by atoms with E-state index >= 15 is 0 Å². The molecule has 6 nitrogen and oxygen atoms in total. The maximum atomic E-state index is 12.8. The number of rotatable bonds is 6. The van der Waals surface area contributed by atoms with Gasteiger partial charge in [0.1, 0.15) is 11.3 Å². The lowest BCUT2D eigenvalue weighted by Crippen LogP contribution is -2.26. The molecule has 0 radical (unpaired) electrons. The molecule has 0 spiro atoms. The number of thiazole rings is 1. The summed E-state index contributed by atoms with van der Waals surface area (Å²) in [5.41, 5.74) is 6.92. The lowest BCUT2D eigenvalue weighted by atomic mass is 10.2. The van der Waals surface area contributed by atoms with Crippen molar-refractivity contribution in [3.63, 3.8) is 0 Å². The summed E-state index contributed by atoms with van der Waals surface area (Å²) in [6, 6.07) is 15.9. The van der Waals surface area contributed by atoms with Crippen LogP contribution in [0.4, 0.5) is 0 Å². The molecule has 0 fully saturated rings. The maximum Gasteiger partial charge on any atom is 0.290 e. The van der Waals surface area contributed by atoms with Crippen LogP contribution >= 0.6 is 11.3 Å². The first-order valence-corrected chi connectivity index (χ1v) is 10.6. The highest BCUT2D eigenvalue weighted by molar-refractivity contribution is 7.07. The molecule has 148 valence electrons. The van der Waals surface area contributed by atoms with Gasteiger partial charge in [-0.15, -0.1) is 16.4 Å². The summed E-state index contributed by atoms with van der Waals surface area (Å²) in [7, 11) is 0. The number of aryl methyl sites for hydroxylation is 1. The number of nitrogens with one attached hydrogen (secondary N) is 1. The van der Waals surface area contributed by atoms with Gasteiger partial charge in [0.15, 0.2) is 0 Å². The zero-order valence-corrected chi connectivity index (χ0v) is 17.3. The van der Waals surface area contributed by atoms with Crippen LogP contribution in [0.5, 0.6) is 0 Å². The fraction of sp³-hybridized carbons (Fsp3) is 0.227. The molecule has 4 aromatic rings. The van der Waals surface area contributed by atoms with Crippen LogP contribution in [0.25, 0.3) is 16.9 Å². The standard InChI is InChI=1S/C22H23N5OS/c1-3-4-13-26-18(17-10-6-5-7-11-17)15-29-22(26)25-24-21(28)20-16(2)23-19-12-8-9-14-27(19)20/h5-12,14-15H,3-4,13H2,1-2H3,(H,24,28)/b25-22-. The van der Waals surface area contributed by atoms with Gasteiger partial charge in [0.25, 0.3) is 5.91 Å². The normalized spacial score (nSPS) is 11.9. The summed E-state index contributed by atoms with van der Waals surface area (Å²) in [5, 5.41) is 6.54. The van der Waals surface area contributed by atoms with Crippen molar-refractivity contribution in [1.29, 1.82) is 0 Å². The Morgan fingerprint density at radius 2 is 1.97 bits per heavy atom. The SMILES string of the molecule is CCCCn1c(-c2ccccc2)cs/c1=N\NC(=O)c1c(C)nc2ccccn12. The summed E-state index contributed by atoms with van der Waals surface area (Å²) in [5.74, 6) is -0.266. The van der Waals surface area contributed by atoms with Gasteiger partial charge in [-0.1, -0.05) is 49.7 Å². The molecule has 0 aliphatic rings. The molecular weight excluding hydrogens is 382 g/mol. The van der Waals surface area contributed by atoms with Gasteiger partial charge in [-0.05, 0) is 31.0 Å². The number of benzene rings is 1. The molecule has 0 saturated heterocycles. The molecule has 1 N–H and O–H groups in total. The minimum Gasteiger partial charge on any atom is -0.315 e. The Morgan fingerprint density at radius 3 is 2.76 bits per heavy atom. The topological polar surface area (TPSA) is 63.7 Å². The molecule has 29 heavy (non-hydrogen) atoms. The number of fused-ring (bicyclic) bond motifs is 1. The van der Waals surface area contributed by atoms with Crippen LogP contribution in [0.1, 0.15) is 35.9 Å². The Bertz CT molecular complexity index is 1200. The van der Waals surface area contributed by atoms with Crippen molar-refractivity contribution in [1.82, 2.24) is 19.4 Å². The van der Waals surface area contributed by atoms with E-state index in [1.165, 1.54) is 11.3 Å². The number of amides is 1. The zero-order chi connectivity index (χ0) is 20.2. The Morgan fingerprint density at radius 1 is 1.17 bits per heavy atom. The van der Waals surface area contributed by atoms with Crippen molar-refractivity contribution >= 4 is 22.9 Å². The van der Waals surface area contributed by atoms with Gasteiger partial charge >= 0.3 is 0 Å². The third-order valence-electron chi connectivity index (χ3n) is 4.77. The average molecular weight is 406 g/mol. The Labute approximate surface area is 173 Å². The molecule has 1 amide bonds. The first-order chi connectivity index (χ1) is 14.2. The Balaban J connectivity index is 1.68. The summed E-state index contributed by atoms with van der Waals surface area (Å²) in [6.07, 6.45) is 3.97. The van der Waals surface area contributed by atoms with E-state index in [0.29, 0.717) is 11.4 Å². The summed E-state index contributed by atoms with van der Waals surface area (Å²) < 4.78 is 3.96. The highest BCUT2D eigenvalue weighted by atomic mass is 32.1. The monoisotopic (exact) mass is 405 g/mol. The number of unbranched alkanes of at least 4 members (excludes halogenated alkanes) is 1. The molecular formula is C22H23N5OS. The number of pyridine rings is 1. The third kappa shape index (κ3) is 3.86. The Hall–Kier alpha value is -3.19. The van der Waals surface area contributed by atoms with E-state index in [1.54, 1.807) is 4.40 Å². The second kappa shape index (κ2) is 8.45. The van der Waals surface area contributed by atoms with Crippen molar-refractivity contribution in [3.05, 3.63) is 76.3 Å². The average Bonchev–Trinajstić information content (AvgIpc) is 3.30. The summed E-state index contributed by atoms with van der Waals surface area (Å²) >= 11 is 1.53. The first-order valence-electron chi connectivity index (χ1n) is 9.70. The number of hydrogen-bond acceptors (Lipinski definition) is 4. The molecule has 4 rings (SSSR count). The van der Waals surface area contributed by atoms with Gasteiger partial charge in [-0.3, -0.25) is 9.20 Å². The van der Waals surface area contributed by atoms with E-state index in [9.17, 15) is 4.79 Å². The van der Waals surface area contributed by atoms with E-state index in [0.717, 1.165) is 41.1 Å². The smallest absolute Gasteiger partial charge is 0.290 e. The molecule has 3 heterocycles. The van der Waals surface area contributed by atoms with E-state index in [-0.39, 0.29) is 5.91 Å². The zero-order valence-electron chi connectivity index (χ0n) is 16.5. The van der Waals surface area contributed by atoms with Crippen molar-refractivity contribution in [2.24, 2.45) is 5.10 Å². The number of imidazole rings is 1. The van der Waals surface area contributed by atoms with Gasteiger partial charge in [-0.25, -0.2) is 10.4 Å². The molecule has 0 aliphatic heterocycles. The molecule has 0 aliphatic carbocycles. The van der Waals surface area contributed by atoms with E-state index in [1.807, 2.05) is 49.5 Å². The lowest BCUT2D eigenvalue weighted by molar-refractivity contribution is 0.0946. The second-order valence-corrected chi connectivity index (χ2v) is 7.64. The van der Waals surface area contributed by atoms with Crippen LogP contribution in [0, 0.1) is 6.92 Å². The highest BCUT2D eigenvalue weighted by Crippen LogP contribution is 2.20. The van der Waals surface area contributed by atoms with Crippen LogP contribution in [-0.2, 0) is 6.54 Å². The lowest BCUT2D eigenvalue weighted by Gasteiger charge is -2.08. The van der Waals surface area contributed by atoms with Crippen molar-refractivity contribution in [2.75, 3.05) is 0 Å². The molecule has 0 saturated carbocycles. The fourth-order valence-corrected chi connectivity index (χ4v) is 4.22. The van der Waals surface area contributed by atoms with Crippen molar-refractivity contribution in [3.8, 4) is 11.3 Å². The quantitative estimate of drug-likeness (QED) is 0.488. The van der Waals surface area contributed by atoms with Crippen molar-refractivity contribution in [2.45, 2.75) is 33.2 Å². The van der Waals surface area contributed by atoms with Crippen LogP contribution in [0.2, 0.25) is 0 Å². The highest BCUT2D eigenvalue weighted by Gasteiger charge is 2.16. The van der Waals surface area contributed by atoms with E-state index < -0.39 is 0 Å². The summed E-state index contributed by atoms with van der Waals surface area (Å²) in [6.45, 7) is 4.86. The van der Waals surface area contributed by atoms with Crippen LogP contribution in [0.15, 0.2) is 65.2 Å². The molecule has 3 aromatic heterocycles. The van der Waals surface area contributed by atoms with Crippen LogP contribution < -0.4 is 10.2 Å². The van der Waals surface area contributed by atoms with Gasteiger partial charge in [0.05, 0.1) is 11.4 Å². The number of carbonyl (C=O) groups is 1. The van der Waals surface area contributed by atoms with E-state index in [4.69, 9.17) is 0 Å². The number of aromatic nitrogens is 3.